The summed E-state index contributed by atoms with van der Waals surface area (Å²) in [5.41, 5.74) is -0.603. The summed E-state index contributed by atoms with van der Waals surface area (Å²) in [5.74, 6) is -3.47. The van der Waals surface area contributed by atoms with E-state index in [9.17, 15) is 24.5 Å². The lowest BCUT2D eigenvalue weighted by Gasteiger charge is -2.15. The molecule has 1 fully saturated rings. The fourth-order valence-corrected chi connectivity index (χ4v) is 3.29. The quantitative estimate of drug-likeness (QED) is 0.337. The summed E-state index contributed by atoms with van der Waals surface area (Å²) >= 11 is 5.81. The van der Waals surface area contributed by atoms with Crippen LogP contribution in [0, 0.1) is 16.0 Å². The van der Waals surface area contributed by atoms with Crippen molar-refractivity contribution < 1.29 is 24.1 Å². The van der Waals surface area contributed by atoms with Gasteiger partial charge < -0.3 is 4.84 Å². The molecule has 2 aromatic carbocycles. The third-order valence-electron chi connectivity index (χ3n) is 4.47. The van der Waals surface area contributed by atoms with E-state index < -0.39 is 40.2 Å². The van der Waals surface area contributed by atoms with Gasteiger partial charge >= 0.3 is 0 Å². The van der Waals surface area contributed by atoms with Crippen LogP contribution < -0.4 is 4.90 Å². The highest BCUT2D eigenvalue weighted by Gasteiger charge is 2.58. The Hall–Kier alpha value is -3.59. The fourth-order valence-electron chi connectivity index (χ4n) is 3.16. The van der Waals surface area contributed by atoms with Crippen molar-refractivity contribution in [3.8, 4) is 0 Å². The molecule has 0 saturated carbocycles. The Kier molecular flexibility index (Phi) is 4.16. The van der Waals surface area contributed by atoms with Gasteiger partial charge in [0, 0.05) is 16.7 Å². The van der Waals surface area contributed by atoms with Gasteiger partial charge in [-0.1, -0.05) is 28.9 Å². The number of nitro benzene ring substituents is 1. The SMILES string of the molecule is O=C(C1=NO[C@@H]2C(=O)N(c3ccccc3[N+](=O)[O-])C(=O)[C@@H]12)c1ccc(Cl)cc1. The minimum absolute atomic E-state index is 0.182. The van der Waals surface area contributed by atoms with Crippen molar-refractivity contribution in [2.24, 2.45) is 11.1 Å². The first kappa shape index (κ1) is 17.8. The molecule has 28 heavy (non-hydrogen) atoms. The summed E-state index contributed by atoms with van der Waals surface area (Å²) in [6.45, 7) is 0. The number of rotatable bonds is 4. The molecule has 0 bridgehead atoms. The Morgan fingerprint density at radius 1 is 1.11 bits per heavy atom. The van der Waals surface area contributed by atoms with Crippen molar-refractivity contribution in [2.75, 3.05) is 4.90 Å². The maximum atomic E-state index is 12.9. The Morgan fingerprint density at radius 3 is 2.46 bits per heavy atom. The molecule has 0 unspecified atom stereocenters. The van der Waals surface area contributed by atoms with Crippen LogP contribution in [0.5, 0.6) is 0 Å². The van der Waals surface area contributed by atoms with Crippen molar-refractivity contribution in [3.63, 3.8) is 0 Å². The van der Waals surface area contributed by atoms with Crippen LogP contribution in [-0.2, 0) is 14.4 Å². The van der Waals surface area contributed by atoms with Crippen LogP contribution in [0.3, 0.4) is 0 Å². The molecule has 0 spiro atoms. The molecule has 9 nitrogen and oxygen atoms in total. The molecule has 2 aromatic rings. The van der Waals surface area contributed by atoms with E-state index in [4.69, 9.17) is 16.4 Å². The van der Waals surface area contributed by atoms with Crippen molar-refractivity contribution in [1.82, 2.24) is 0 Å². The lowest BCUT2D eigenvalue weighted by molar-refractivity contribution is -0.384. The predicted molar refractivity (Wildman–Crippen MR) is 97.2 cm³/mol. The van der Waals surface area contributed by atoms with E-state index in [0.29, 0.717) is 9.92 Å². The zero-order valence-corrected chi connectivity index (χ0v) is 14.7. The average molecular weight is 400 g/mol. The number of carbonyl (C=O) groups is 3. The molecule has 2 aliphatic heterocycles. The molecule has 140 valence electrons. The van der Waals surface area contributed by atoms with Crippen LogP contribution in [-0.4, -0.2) is 34.3 Å². The number of benzene rings is 2. The van der Waals surface area contributed by atoms with E-state index in [0.717, 1.165) is 0 Å². The van der Waals surface area contributed by atoms with Crippen molar-refractivity contribution >= 4 is 46.3 Å². The number of nitro groups is 1. The zero-order chi connectivity index (χ0) is 20.0. The van der Waals surface area contributed by atoms with E-state index in [2.05, 4.69) is 5.16 Å². The molecule has 10 heteroatoms. The van der Waals surface area contributed by atoms with E-state index >= 15 is 0 Å². The van der Waals surface area contributed by atoms with Crippen LogP contribution >= 0.6 is 11.6 Å². The van der Waals surface area contributed by atoms with Crippen LogP contribution in [0.25, 0.3) is 0 Å². The number of anilines is 1. The lowest BCUT2D eigenvalue weighted by atomic mass is 9.93. The lowest BCUT2D eigenvalue weighted by Crippen LogP contribution is -2.34. The van der Waals surface area contributed by atoms with Gasteiger partial charge in [0.15, 0.2) is 0 Å². The summed E-state index contributed by atoms with van der Waals surface area (Å²) in [7, 11) is 0. The molecular weight excluding hydrogens is 390 g/mol. The Bertz CT molecular complexity index is 1070. The standard InChI is InChI=1S/C18H10ClN3O6/c19-10-7-5-9(6-8-10)15(23)14-13-16(28-20-14)18(25)21(17(13)24)11-3-1-2-4-12(11)22(26)27/h1-8,13,16H/t13-,16-/m0/s1. The van der Waals surface area contributed by atoms with Crippen LogP contribution in [0.4, 0.5) is 11.4 Å². The van der Waals surface area contributed by atoms with E-state index in [1.54, 1.807) is 0 Å². The second kappa shape index (κ2) is 6.54. The number of fused-ring (bicyclic) bond motifs is 1. The number of nitrogens with zero attached hydrogens (tertiary/aromatic N) is 3. The fraction of sp³-hybridized carbons (Fsp3) is 0.111. The van der Waals surface area contributed by atoms with Gasteiger partial charge in [-0.15, -0.1) is 0 Å². The molecule has 0 aliphatic carbocycles. The maximum Gasteiger partial charge on any atom is 0.293 e. The second-order valence-corrected chi connectivity index (χ2v) is 6.51. The number of ketones is 1. The number of hydrogen-bond donors (Lipinski definition) is 0. The first-order valence-corrected chi connectivity index (χ1v) is 8.43. The van der Waals surface area contributed by atoms with Gasteiger partial charge in [-0.3, -0.25) is 24.5 Å². The zero-order valence-electron chi connectivity index (χ0n) is 13.9. The summed E-state index contributed by atoms with van der Waals surface area (Å²) in [4.78, 5) is 54.6. The molecule has 2 atom stereocenters. The Balaban J connectivity index is 1.70. The molecule has 2 heterocycles. The third-order valence-corrected chi connectivity index (χ3v) is 4.72. The summed E-state index contributed by atoms with van der Waals surface area (Å²) in [5, 5.41) is 15.3. The first-order valence-electron chi connectivity index (χ1n) is 8.05. The van der Waals surface area contributed by atoms with Crippen molar-refractivity contribution in [1.29, 1.82) is 0 Å². The van der Waals surface area contributed by atoms with Crippen LogP contribution in [0.1, 0.15) is 10.4 Å². The van der Waals surface area contributed by atoms with Gasteiger partial charge in [-0.05, 0) is 30.3 Å². The number of Topliss-reactive ketones (excluding diaryl/α,β-unsaturated/α-hetero) is 1. The van der Waals surface area contributed by atoms with Crippen LogP contribution in [0.2, 0.25) is 5.02 Å². The number of imide groups is 1. The number of hydrogen-bond acceptors (Lipinski definition) is 7. The molecule has 1 saturated heterocycles. The minimum atomic E-state index is -1.33. The normalized spacial score (nSPS) is 20.6. The smallest absolute Gasteiger partial charge is 0.293 e. The number of carbonyl (C=O) groups excluding carboxylic acids is 3. The third kappa shape index (κ3) is 2.64. The number of oxime groups is 1. The topological polar surface area (TPSA) is 119 Å². The van der Waals surface area contributed by atoms with Crippen molar-refractivity contribution in [2.45, 2.75) is 6.10 Å². The average Bonchev–Trinajstić information content (AvgIpc) is 3.22. The summed E-state index contributed by atoms with van der Waals surface area (Å²) < 4.78 is 0. The second-order valence-electron chi connectivity index (χ2n) is 6.07. The van der Waals surface area contributed by atoms with Gasteiger partial charge in [0.1, 0.15) is 17.3 Å². The van der Waals surface area contributed by atoms with E-state index in [1.165, 1.54) is 48.5 Å². The van der Waals surface area contributed by atoms with Gasteiger partial charge in [0.05, 0.1) is 4.92 Å². The molecular formula is C18H10ClN3O6. The van der Waals surface area contributed by atoms with Gasteiger partial charge in [-0.25, -0.2) is 4.90 Å². The minimum Gasteiger partial charge on any atom is -0.381 e. The molecule has 2 amide bonds. The summed E-state index contributed by atoms with van der Waals surface area (Å²) in [6, 6.07) is 11.3. The van der Waals surface area contributed by atoms with Crippen molar-refractivity contribution in [3.05, 3.63) is 69.2 Å². The maximum absolute atomic E-state index is 12.9. The Labute approximate surface area is 162 Å². The van der Waals surface area contributed by atoms with Gasteiger partial charge in [0.25, 0.3) is 11.6 Å². The van der Waals surface area contributed by atoms with Gasteiger partial charge in [-0.2, -0.15) is 0 Å². The highest BCUT2D eigenvalue weighted by Crippen LogP contribution is 2.37. The molecule has 4 rings (SSSR count). The van der Waals surface area contributed by atoms with Gasteiger partial charge in [0.2, 0.25) is 17.8 Å². The van der Waals surface area contributed by atoms with Crippen LogP contribution in [0.15, 0.2) is 53.7 Å². The Morgan fingerprint density at radius 2 is 1.79 bits per heavy atom. The van der Waals surface area contributed by atoms with E-state index in [1.807, 2.05) is 0 Å². The molecule has 2 aliphatic rings. The number of para-hydroxylation sites is 2. The highest BCUT2D eigenvalue weighted by atomic mass is 35.5. The molecule has 0 radical (unpaired) electrons. The first-order chi connectivity index (χ1) is 13.4. The number of amides is 2. The predicted octanol–water partition coefficient (Wildman–Crippen LogP) is 2.38. The molecule has 0 N–H and O–H groups in total. The van der Waals surface area contributed by atoms with E-state index in [-0.39, 0.29) is 17.0 Å². The summed E-state index contributed by atoms with van der Waals surface area (Å²) in [6.07, 6.45) is -1.33. The molecule has 0 aromatic heterocycles. The highest BCUT2D eigenvalue weighted by molar-refractivity contribution is 6.52. The number of halogens is 1. The largest absolute Gasteiger partial charge is 0.381 e. The monoisotopic (exact) mass is 399 g/mol.